The van der Waals surface area contributed by atoms with Crippen molar-refractivity contribution in [2.45, 2.75) is 38.3 Å². The van der Waals surface area contributed by atoms with Crippen LogP contribution in [0.1, 0.15) is 25.3 Å². The smallest absolute Gasteiger partial charge is 0.323 e. The highest BCUT2D eigenvalue weighted by molar-refractivity contribution is 5.78. The zero-order chi connectivity index (χ0) is 17.8. The Kier molecular flexibility index (Phi) is 5.58. The van der Waals surface area contributed by atoms with Gasteiger partial charge >= 0.3 is 5.97 Å². The van der Waals surface area contributed by atoms with Crippen molar-refractivity contribution in [3.05, 3.63) is 29.8 Å². The number of aryl methyl sites for hydroxylation is 1. The molecular weight excluding hydrogens is 320 g/mol. The van der Waals surface area contributed by atoms with Gasteiger partial charge in [-0.05, 0) is 31.0 Å². The van der Waals surface area contributed by atoms with Gasteiger partial charge in [0.25, 0.3) is 0 Å². The maximum absolute atomic E-state index is 12.4. The maximum atomic E-state index is 12.4. The highest BCUT2D eigenvalue weighted by atomic mass is 16.6. The first-order chi connectivity index (χ1) is 12.1. The second-order valence-corrected chi connectivity index (χ2v) is 6.76. The van der Waals surface area contributed by atoms with Gasteiger partial charge in [0.1, 0.15) is 17.9 Å². The molecule has 2 saturated heterocycles. The minimum absolute atomic E-state index is 0.00154. The van der Waals surface area contributed by atoms with Gasteiger partial charge in [-0.2, -0.15) is 0 Å². The van der Waals surface area contributed by atoms with Crippen LogP contribution in [0.3, 0.4) is 0 Å². The molecular formula is C19H26N2O4. The summed E-state index contributed by atoms with van der Waals surface area (Å²) in [6.45, 7) is 4.76. The van der Waals surface area contributed by atoms with Gasteiger partial charge in [0.15, 0.2) is 0 Å². The number of benzene rings is 1. The minimum Gasteiger partial charge on any atom is -0.497 e. The number of ether oxygens (including phenoxy) is 2. The van der Waals surface area contributed by atoms with Crippen molar-refractivity contribution in [2.75, 3.05) is 33.3 Å². The molecule has 1 aromatic rings. The minimum atomic E-state index is -0.133. The van der Waals surface area contributed by atoms with Crippen LogP contribution < -0.4 is 4.74 Å². The number of nitrogens with zero attached hydrogens (tertiary/aromatic N) is 2. The molecule has 0 unspecified atom stereocenters. The van der Waals surface area contributed by atoms with Crippen LogP contribution in [0.15, 0.2) is 24.3 Å². The Labute approximate surface area is 148 Å². The number of carbonyl (C=O) groups excluding carboxylic acids is 2. The van der Waals surface area contributed by atoms with E-state index >= 15 is 0 Å². The zero-order valence-corrected chi connectivity index (χ0v) is 14.9. The molecule has 0 aliphatic carbocycles. The first kappa shape index (κ1) is 17.7. The molecule has 3 rings (SSSR count). The normalized spacial score (nSPS) is 24.2. The van der Waals surface area contributed by atoms with Gasteiger partial charge < -0.3 is 14.4 Å². The zero-order valence-electron chi connectivity index (χ0n) is 14.9. The van der Waals surface area contributed by atoms with Crippen LogP contribution in [0.4, 0.5) is 0 Å². The lowest BCUT2D eigenvalue weighted by molar-refractivity contribution is -0.145. The number of esters is 1. The summed E-state index contributed by atoms with van der Waals surface area (Å²) in [4.78, 5) is 28.3. The lowest BCUT2D eigenvalue weighted by atomic mass is 10.1. The van der Waals surface area contributed by atoms with E-state index in [4.69, 9.17) is 9.47 Å². The van der Waals surface area contributed by atoms with Crippen LogP contribution in [0, 0.1) is 0 Å². The summed E-state index contributed by atoms with van der Waals surface area (Å²) in [6, 6.07) is 7.69. The summed E-state index contributed by atoms with van der Waals surface area (Å²) >= 11 is 0. The molecule has 0 spiro atoms. The second-order valence-electron chi connectivity index (χ2n) is 6.76. The van der Waals surface area contributed by atoms with E-state index in [2.05, 4.69) is 4.90 Å². The van der Waals surface area contributed by atoms with E-state index in [9.17, 15) is 9.59 Å². The Morgan fingerprint density at radius 2 is 1.88 bits per heavy atom. The van der Waals surface area contributed by atoms with Crippen molar-refractivity contribution in [2.24, 2.45) is 0 Å². The molecule has 2 atom stereocenters. The predicted octanol–water partition coefficient (Wildman–Crippen LogP) is 1.48. The van der Waals surface area contributed by atoms with Crippen molar-refractivity contribution < 1.29 is 19.1 Å². The molecule has 1 amide bonds. The molecule has 0 bridgehead atoms. The van der Waals surface area contributed by atoms with E-state index in [1.54, 1.807) is 7.11 Å². The molecule has 1 aromatic carbocycles. The van der Waals surface area contributed by atoms with E-state index in [0.29, 0.717) is 19.5 Å². The molecule has 2 aliphatic rings. The van der Waals surface area contributed by atoms with Gasteiger partial charge in [-0.1, -0.05) is 12.1 Å². The van der Waals surface area contributed by atoms with Crippen LogP contribution in [0.25, 0.3) is 0 Å². The van der Waals surface area contributed by atoms with E-state index in [1.807, 2.05) is 36.1 Å². The summed E-state index contributed by atoms with van der Waals surface area (Å²) in [5.41, 5.74) is 1.13. The van der Waals surface area contributed by atoms with Gasteiger partial charge in [0, 0.05) is 39.0 Å². The van der Waals surface area contributed by atoms with Crippen molar-refractivity contribution in [1.82, 2.24) is 9.80 Å². The Bertz CT molecular complexity index is 608. The molecule has 2 fully saturated rings. The SMILES string of the molecule is COc1ccc(CCC(=O)N2CCN([C@@H]3C[C@H](C)OC3=O)CC2)cc1. The summed E-state index contributed by atoms with van der Waals surface area (Å²) in [7, 11) is 1.64. The quantitative estimate of drug-likeness (QED) is 0.756. The number of cyclic esters (lactones) is 1. The third-order valence-electron chi connectivity index (χ3n) is 5.04. The number of piperazine rings is 1. The highest BCUT2D eigenvalue weighted by Crippen LogP contribution is 2.21. The van der Waals surface area contributed by atoms with Crippen molar-refractivity contribution in [3.8, 4) is 5.75 Å². The van der Waals surface area contributed by atoms with Gasteiger partial charge in [-0.15, -0.1) is 0 Å². The molecule has 0 aromatic heterocycles. The van der Waals surface area contributed by atoms with Gasteiger partial charge in [0.05, 0.1) is 7.11 Å². The third kappa shape index (κ3) is 4.31. The molecule has 6 heteroatoms. The Balaban J connectivity index is 1.44. The summed E-state index contributed by atoms with van der Waals surface area (Å²) in [6.07, 6.45) is 2.00. The van der Waals surface area contributed by atoms with Crippen molar-refractivity contribution in [1.29, 1.82) is 0 Å². The predicted molar refractivity (Wildman–Crippen MR) is 93.4 cm³/mol. The Hall–Kier alpha value is -2.08. The van der Waals surface area contributed by atoms with Crippen molar-refractivity contribution >= 4 is 11.9 Å². The second kappa shape index (κ2) is 7.87. The number of methoxy groups -OCH3 is 1. The van der Waals surface area contributed by atoms with E-state index in [1.165, 1.54) is 0 Å². The molecule has 0 N–H and O–H groups in total. The first-order valence-corrected chi connectivity index (χ1v) is 8.92. The molecule has 2 heterocycles. The molecule has 0 saturated carbocycles. The van der Waals surface area contributed by atoms with Crippen LogP contribution in [0.5, 0.6) is 5.75 Å². The molecule has 2 aliphatic heterocycles. The van der Waals surface area contributed by atoms with Gasteiger partial charge in [-0.25, -0.2) is 0 Å². The topological polar surface area (TPSA) is 59.1 Å². The molecule has 136 valence electrons. The number of carbonyl (C=O) groups is 2. The average molecular weight is 346 g/mol. The highest BCUT2D eigenvalue weighted by Gasteiger charge is 2.37. The fraction of sp³-hybridized carbons (Fsp3) is 0.579. The lowest BCUT2D eigenvalue weighted by Gasteiger charge is -2.36. The summed E-state index contributed by atoms with van der Waals surface area (Å²) in [5, 5.41) is 0. The number of hydrogen-bond donors (Lipinski definition) is 0. The van der Waals surface area contributed by atoms with Crippen LogP contribution >= 0.6 is 0 Å². The van der Waals surface area contributed by atoms with E-state index in [-0.39, 0.29) is 24.0 Å². The Morgan fingerprint density at radius 1 is 1.20 bits per heavy atom. The molecule has 0 radical (unpaired) electrons. The number of hydrogen-bond acceptors (Lipinski definition) is 5. The first-order valence-electron chi connectivity index (χ1n) is 8.92. The van der Waals surface area contributed by atoms with Crippen LogP contribution in [-0.2, 0) is 20.7 Å². The molecule has 6 nitrogen and oxygen atoms in total. The van der Waals surface area contributed by atoms with Gasteiger partial charge in [0.2, 0.25) is 5.91 Å². The average Bonchev–Trinajstić information content (AvgIpc) is 2.98. The van der Waals surface area contributed by atoms with Gasteiger partial charge in [-0.3, -0.25) is 14.5 Å². The number of rotatable bonds is 5. The lowest BCUT2D eigenvalue weighted by Crippen LogP contribution is -2.53. The summed E-state index contributed by atoms with van der Waals surface area (Å²) < 4.78 is 10.4. The summed E-state index contributed by atoms with van der Waals surface area (Å²) in [5.74, 6) is 0.885. The van der Waals surface area contributed by atoms with Crippen LogP contribution in [-0.4, -0.2) is 67.1 Å². The van der Waals surface area contributed by atoms with Crippen LogP contribution in [0.2, 0.25) is 0 Å². The third-order valence-corrected chi connectivity index (χ3v) is 5.04. The van der Waals surface area contributed by atoms with E-state index in [0.717, 1.165) is 37.2 Å². The molecule has 25 heavy (non-hydrogen) atoms. The fourth-order valence-electron chi connectivity index (χ4n) is 3.52. The monoisotopic (exact) mass is 346 g/mol. The number of amides is 1. The fourth-order valence-corrected chi connectivity index (χ4v) is 3.52. The largest absolute Gasteiger partial charge is 0.497 e. The standard InChI is InChI=1S/C19H26N2O4/c1-14-13-17(19(23)25-14)20-9-11-21(12-10-20)18(22)8-5-15-3-6-16(24-2)7-4-15/h3-4,6-7,14,17H,5,8-13H2,1-2H3/t14-,17+/m0/s1. The van der Waals surface area contributed by atoms with E-state index < -0.39 is 0 Å². The Morgan fingerprint density at radius 3 is 2.44 bits per heavy atom. The maximum Gasteiger partial charge on any atom is 0.323 e. The van der Waals surface area contributed by atoms with Crippen molar-refractivity contribution in [3.63, 3.8) is 0 Å².